The number of nitrogens with one attached hydrogen (secondary N) is 2. The number of hydrogen-bond donors (Lipinski definition) is 3. The molecule has 0 spiro atoms. The lowest BCUT2D eigenvalue weighted by atomic mass is 9.93. The summed E-state index contributed by atoms with van der Waals surface area (Å²) in [6, 6.07) is 27.4. The van der Waals surface area contributed by atoms with Gasteiger partial charge in [-0.05, 0) is 81.0 Å². The molecule has 7 nitrogen and oxygen atoms in total. The number of allylic oxidation sites excluding steroid dienone is 2. The molecule has 7 heteroatoms. The first-order valence-corrected chi connectivity index (χ1v) is 14.6. The Morgan fingerprint density at radius 1 is 1.02 bits per heavy atom. The van der Waals surface area contributed by atoms with Gasteiger partial charge in [0.1, 0.15) is 17.9 Å². The number of benzene rings is 3. The van der Waals surface area contributed by atoms with Crippen molar-refractivity contribution in [1.82, 2.24) is 20.4 Å². The standard InChI is InChI=1S/C22H33N5O.C14H12O/c1-6-19(23-2)22(24-3)27(5)21(25-18-13-15-26(4)16-14-18)12-11-17-9-7-8-10-20(17)28;15-11-14(12-7-3-1-4-8-12)13-9-5-2-6-10-13/h6-10,12,18,23,25,28H,1,3,11,13-16H2,2,4-5H3;1-11,14H/b21-12-,22-19+;. The number of aldehydes is 1. The van der Waals surface area contributed by atoms with Gasteiger partial charge in [0.15, 0.2) is 5.82 Å². The van der Waals surface area contributed by atoms with E-state index >= 15 is 0 Å². The second kappa shape index (κ2) is 17.4. The quantitative estimate of drug-likeness (QED) is 0.146. The Hall–Kier alpha value is -4.62. The van der Waals surface area contributed by atoms with E-state index in [0.29, 0.717) is 24.0 Å². The van der Waals surface area contributed by atoms with Crippen LogP contribution in [-0.4, -0.2) is 68.2 Å². The van der Waals surface area contributed by atoms with E-state index in [0.717, 1.165) is 60.4 Å². The zero-order valence-corrected chi connectivity index (χ0v) is 25.6. The summed E-state index contributed by atoms with van der Waals surface area (Å²) in [4.78, 5) is 19.7. The number of aliphatic imine (C=N–C) groups is 1. The Labute approximate surface area is 257 Å². The molecule has 1 heterocycles. The van der Waals surface area contributed by atoms with Gasteiger partial charge in [0.05, 0.1) is 11.6 Å². The van der Waals surface area contributed by atoms with Crippen molar-refractivity contribution in [2.45, 2.75) is 31.2 Å². The monoisotopic (exact) mass is 579 g/mol. The lowest BCUT2D eigenvalue weighted by Gasteiger charge is -2.34. The van der Waals surface area contributed by atoms with Crippen molar-refractivity contribution in [1.29, 1.82) is 0 Å². The van der Waals surface area contributed by atoms with Gasteiger partial charge in [-0.25, -0.2) is 4.99 Å². The molecule has 0 unspecified atom stereocenters. The van der Waals surface area contributed by atoms with Gasteiger partial charge in [-0.3, -0.25) is 0 Å². The number of phenols is 1. The lowest BCUT2D eigenvalue weighted by Crippen LogP contribution is -2.43. The molecule has 226 valence electrons. The summed E-state index contributed by atoms with van der Waals surface area (Å²) in [6.45, 7) is 9.74. The third-order valence-corrected chi connectivity index (χ3v) is 7.57. The van der Waals surface area contributed by atoms with E-state index in [2.05, 4.69) is 46.9 Å². The summed E-state index contributed by atoms with van der Waals surface area (Å²) in [6.07, 6.45) is 7.59. The molecule has 1 aliphatic heterocycles. The molecule has 0 aromatic heterocycles. The Balaban J connectivity index is 0.000000282. The molecule has 0 amide bonds. The topological polar surface area (TPSA) is 80.2 Å². The smallest absolute Gasteiger partial charge is 0.156 e. The number of carbonyl (C=O) groups is 1. The summed E-state index contributed by atoms with van der Waals surface area (Å²) in [5.41, 5.74) is 3.77. The van der Waals surface area contributed by atoms with Gasteiger partial charge < -0.3 is 30.3 Å². The average Bonchev–Trinajstić information content (AvgIpc) is 3.05. The number of likely N-dealkylation sites (tertiary alicyclic amines) is 1. The maximum Gasteiger partial charge on any atom is 0.156 e. The average molecular weight is 580 g/mol. The van der Waals surface area contributed by atoms with Crippen LogP contribution in [0.15, 0.2) is 126 Å². The zero-order chi connectivity index (χ0) is 31.0. The molecule has 43 heavy (non-hydrogen) atoms. The van der Waals surface area contributed by atoms with Crippen LogP contribution < -0.4 is 10.6 Å². The van der Waals surface area contributed by atoms with Crippen molar-refractivity contribution in [2.75, 3.05) is 34.2 Å². The highest BCUT2D eigenvalue weighted by Crippen LogP contribution is 2.22. The fourth-order valence-corrected chi connectivity index (χ4v) is 5.01. The molecule has 0 radical (unpaired) electrons. The third kappa shape index (κ3) is 9.72. The van der Waals surface area contributed by atoms with Crippen LogP contribution in [0.4, 0.5) is 0 Å². The lowest BCUT2D eigenvalue weighted by molar-refractivity contribution is -0.108. The van der Waals surface area contributed by atoms with Gasteiger partial charge in [-0.15, -0.1) is 0 Å². The number of rotatable bonds is 12. The van der Waals surface area contributed by atoms with Crippen LogP contribution in [0.5, 0.6) is 5.75 Å². The molecule has 4 rings (SSSR count). The predicted octanol–water partition coefficient (Wildman–Crippen LogP) is 5.68. The first kappa shape index (κ1) is 32.9. The predicted molar refractivity (Wildman–Crippen MR) is 178 cm³/mol. The first-order valence-electron chi connectivity index (χ1n) is 14.6. The van der Waals surface area contributed by atoms with Crippen molar-refractivity contribution in [2.24, 2.45) is 4.99 Å². The van der Waals surface area contributed by atoms with Crippen LogP contribution in [0.3, 0.4) is 0 Å². The fraction of sp³-hybridized carbons (Fsp3) is 0.278. The highest BCUT2D eigenvalue weighted by molar-refractivity contribution is 5.68. The highest BCUT2D eigenvalue weighted by atomic mass is 16.3. The maximum absolute atomic E-state index is 11.1. The molecule has 1 fully saturated rings. The molecular weight excluding hydrogens is 534 g/mol. The molecule has 3 aromatic rings. The largest absolute Gasteiger partial charge is 0.508 e. The number of hydrogen-bond acceptors (Lipinski definition) is 7. The fourth-order valence-electron chi connectivity index (χ4n) is 5.01. The molecule has 0 saturated carbocycles. The van der Waals surface area contributed by atoms with Gasteiger partial charge >= 0.3 is 0 Å². The van der Waals surface area contributed by atoms with Gasteiger partial charge in [0.2, 0.25) is 0 Å². The number of phenolic OH excluding ortho intramolecular Hbond substituents is 1. The van der Waals surface area contributed by atoms with Crippen molar-refractivity contribution in [3.05, 3.63) is 138 Å². The maximum atomic E-state index is 11.1. The number of nitrogens with zero attached hydrogens (tertiary/aromatic N) is 3. The van der Waals surface area contributed by atoms with E-state index in [9.17, 15) is 9.90 Å². The Kier molecular flexibility index (Phi) is 13.3. The Morgan fingerprint density at radius 2 is 1.58 bits per heavy atom. The summed E-state index contributed by atoms with van der Waals surface area (Å²) in [5, 5.41) is 16.9. The minimum absolute atomic E-state index is 0.146. The van der Waals surface area contributed by atoms with Crippen LogP contribution in [-0.2, 0) is 11.2 Å². The first-order chi connectivity index (χ1) is 20.9. The Bertz CT molecular complexity index is 1320. The van der Waals surface area contributed by atoms with Gasteiger partial charge in [-0.1, -0.05) is 85.4 Å². The van der Waals surface area contributed by atoms with Crippen molar-refractivity contribution >= 4 is 13.0 Å². The van der Waals surface area contributed by atoms with Gasteiger partial charge in [0.25, 0.3) is 0 Å². The summed E-state index contributed by atoms with van der Waals surface area (Å²) in [5.74, 6) is 1.79. The SMILES string of the molecule is C=C/C(NC)=C(/N=C)N(C)/C(=C\Cc1ccccc1O)NC1CCN(C)CC1.O=CC(c1ccccc1)c1ccccc1. The number of aromatic hydroxyl groups is 1. The molecule has 3 N–H and O–H groups in total. The van der Waals surface area contributed by atoms with E-state index in [1.807, 2.05) is 97.9 Å². The van der Waals surface area contributed by atoms with E-state index < -0.39 is 0 Å². The molecule has 1 saturated heterocycles. The highest BCUT2D eigenvalue weighted by Gasteiger charge is 2.20. The van der Waals surface area contributed by atoms with Crippen LogP contribution in [0.1, 0.15) is 35.4 Å². The van der Waals surface area contributed by atoms with Gasteiger partial charge in [-0.2, -0.15) is 0 Å². The number of para-hydroxylation sites is 1. The molecule has 3 aromatic carbocycles. The van der Waals surface area contributed by atoms with Crippen molar-refractivity contribution in [3.8, 4) is 5.75 Å². The minimum atomic E-state index is -0.146. The van der Waals surface area contributed by atoms with Crippen LogP contribution >= 0.6 is 0 Å². The van der Waals surface area contributed by atoms with Crippen molar-refractivity contribution in [3.63, 3.8) is 0 Å². The zero-order valence-electron chi connectivity index (χ0n) is 25.6. The van der Waals surface area contributed by atoms with E-state index in [1.54, 1.807) is 12.1 Å². The summed E-state index contributed by atoms with van der Waals surface area (Å²) in [7, 11) is 5.96. The molecule has 0 aliphatic carbocycles. The van der Waals surface area contributed by atoms with E-state index in [1.165, 1.54) is 0 Å². The summed E-state index contributed by atoms with van der Waals surface area (Å²) < 4.78 is 0. The second-order valence-electron chi connectivity index (χ2n) is 10.5. The normalized spacial score (nSPS) is 14.6. The van der Waals surface area contributed by atoms with Crippen LogP contribution in [0.2, 0.25) is 0 Å². The minimum Gasteiger partial charge on any atom is -0.508 e. The number of piperidine rings is 1. The van der Waals surface area contributed by atoms with Gasteiger partial charge in [0, 0.05) is 20.1 Å². The number of carbonyl (C=O) groups excluding carboxylic acids is 1. The molecule has 1 aliphatic rings. The van der Waals surface area contributed by atoms with Crippen LogP contribution in [0, 0.1) is 0 Å². The Morgan fingerprint density at radius 3 is 2.07 bits per heavy atom. The van der Waals surface area contributed by atoms with E-state index in [4.69, 9.17) is 0 Å². The third-order valence-electron chi connectivity index (χ3n) is 7.57. The second-order valence-corrected chi connectivity index (χ2v) is 10.5. The summed E-state index contributed by atoms with van der Waals surface area (Å²) >= 11 is 0. The van der Waals surface area contributed by atoms with Crippen LogP contribution in [0.25, 0.3) is 0 Å². The molecule has 0 bridgehead atoms. The van der Waals surface area contributed by atoms with E-state index in [-0.39, 0.29) is 5.92 Å². The molecule has 0 atom stereocenters. The number of likely N-dealkylation sites (N-methyl/N-ethyl adjacent to an activating group) is 1. The van der Waals surface area contributed by atoms with Crippen molar-refractivity contribution < 1.29 is 9.90 Å². The molecular formula is C36H45N5O2.